The van der Waals surface area contributed by atoms with Crippen LogP contribution >= 0.6 is 0 Å². The van der Waals surface area contributed by atoms with Crippen LogP contribution in [0.1, 0.15) is 11.3 Å². The zero-order valence-electron chi connectivity index (χ0n) is 16.4. The van der Waals surface area contributed by atoms with Gasteiger partial charge < -0.3 is 14.9 Å². The number of guanidine groups is 1. The molecule has 1 aromatic carbocycles. The minimum absolute atomic E-state index is 0.0336. The van der Waals surface area contributed by atoms with Crippen molar-refractivity contribution in [2.75, 3.05) is 32.8 Å². The topological polar surface area (TPSA) is 64.0 Å². The Bertz CT molecular complexity index is 934. The van der Waals surface area contributed by atoms with Gasteiger partial charge in [-0.15, -0.1) is 0 Å². The highest BCUT2D eigenvalue weighted by Gasteiger charge is 2.44. The number of quaternary nitrogens is 1. The molecular weight excluding hydrogens is 397 g/mol. The summed E-state index contributed by atoms with van der Waals surface area (Å²) in [5.41, 5.74) is 7.07. The van der Waals surface area contributed by atoms with Crippen LogP contribution in [-0.2, 0) is 17.8 Å². The average molecular weight is 421 g/mol. The molecule has 0 aliphatic carbocycles. The third-order valence-corrected chi connectivity index (χ3v) is 5.48. The van der Waals surface area contributed by atoms with Crippen LogP contribution in [0.25, 0.3) is 0 Å². The fraction of sp³-hybridized carbons (Fsp3) is 0.381. The van der Waals surface area contributed by atoms with Crippen LogP contribution in [0, 0.1) is 0 Å². The molecule has 0 bridgehead atoms. The van der Waals surface area contributed by atoms with E-state index in [0.717, 1.165) is 37.0 Å². The van der Waals surface area contributed by atoms with Crippen molar-refractivity contribution in [2.45, 2.75) is 19.3 Å². The van der Waals surface area contributed by atoms with Gasteiger partial charge in [-0.1, -0.05) is 12.1 Å². The van der Waals surface area contributed by atoms with Crippen molar-refractivity contribution in [1.29, 1.82) is 0 Å². The maximum atomic E-state index is 13.2. The van der Waals surface area contributed by atoms with E-state index in [2.05, 4.69) is 9.89 Å². The van der Waals surface area contributed by atoms with E-state index in [9.17, 15) is 13.2 Å². The third-order valence-electron chi connectivity index (χ3n) is 5.48. The lowest BCUT2D eigenvalue weighted by molar-refractivity contribution is -0.0930. The Hall–Kier alpha value is -2.62. The minimum Gasteiger partial charge on any atom is -0.463 e. The van der Waals surface area contributed by atoms with Gasteiger partial charge >= 0.3 is 12.1 Å². The summed E-state index contributed by atoms with van der Waals surface area (Å²) in [7, 11) is 0. The van der Waals surface area contributed by atoms with Gasteiger partial charge in [0.15, 0.2) is 11.5 Å². The summed E-state index contributed by atoms with van der Waals surface area (Å²) >= 11 is 0. The lowest BCUT2D eigenvalue weighted by Crippen LogP contribution is -2.59. The van der Waals surface area contributed by atoms with E-state index in [-0.39, 0.29) is 23.5 Å². The number of morpholine rings is 1. The monoisotopic (exact) mass is 421 g/mol. The van der Waals surface area contributed by atoms with Gasteiger partial charge in [0.25, 0.3) is 0 Å². The number of nitrogens with zero attached hydrogens (tertiary/aromatic N) is 3. The summed E-state index contributed by atoms with van der Waals surface area (Å²) in [5, 5.41) is 0. The summed E-state index contributed by atoms with van der Waals surface area (Å²) in [4.78, 5) is 6.03. The number of hydrogen-bond donors (Lipinski definition) is 1. The highest BCUT2D eigenvalue weighted by molar-refractivity contribution is 5.92. The lowest BCUT2D eigenvalue weighted by atomic mass is 10.1. The zero-order valence-corrected chi connectivity index (χ0v) is 16.4. The van der Waals surface area contributed by atoms with Gasteiger partial charge in [-0.05, 0) is 23.8 Å². The van der Waals surface area contributed by atoms with Crippen molar-refractivity contribution in [3.8, 4) is 0 Å². The number of nitrogens with two attached hydrogens (primary N) is 1. The largest absolute Gasteiger partial charge is 0.463 e. The highest BCUT2D eigenvalue weighted by Crippen LogP contribution is 2.35. The van der Waals surface area contributed by atoms with Crippen molar-refractivity contribution in [3.63, 3.8) is 0 Å². The Morgan fingerprint density at radius 1 is 1.13 bits per heavy atom. The quantitative estimate of drug-likeness (QED) is 0.752. The first-order valence-electron chi connectivity index (χ1n) is 9.78. The Kier molecular flexibility index (Phi) is 5.68. The Labute approximate surface area is 172 Å². The number of halogens is 3. The van der Waals surface area contributed by atoms with Crippen LogP contribution in [0.4, 0.5) is 18.9 Å². The SMILES string of the molecule is NC1=NC(C(F)(F)F)=CC[N+]1(Cc1ccco1)c1cccc(CN2CCOCC2)c1. The summed E-state index contributed by atoms with van der Waals surface area (Å²) in [6, 6.07) is 11.3. The second-order valence-corrected chi connectivity index (χ2v) is 7.50. The molecule has 30 heavy (non-hydrogen) atoms. The first-order chi connectivity index (χ1) is 14.4. The second kappa shape index (κ2) is 8.25. The Balaban J connectivity index is 1.68. The predicted molar refractivity (Wildman–Crippen MR) is 107 cm³/mol. The summed E-state index contributed by atoms with van der Waals surface area (Å²) < 4.78 is 50.4. The smallest absolute Gasteiger partial charge is 0.433 e. The van der Waals surface area contributed by atoms with E-state index in [1.807, 2.05) is 24.3 Å². The standard InChI is InChI=1S/C21H24F3N4O2/c22-21(23,24)19-6-9-28(20(25)26-19,15-18-5-2-10-30-18)17-4-1-3-16(13-17)14-27-7-11-29-12-8-27/h1-6,10,13H,7-9,11-12,14-15H2,(H2,25,26)/q+1. The maximum absolute atomic E-state index is 13.2. The van der Waals surface area contributed by atoms with Gasteiger partial charge in [0, 0.05) is 31.8 Å². The lowest BCUT2D eigenvalue weighted by Gasteiger charge is -2.37. The molecule has 0 spiro atoms. The molecule has 1 unspecified atom stereocenters. The number of furan rings is 1. The number of allylic oxidation sites excluding steroid dienone is 1. The molecule has 2 N–H and O–H groups in total. The number of rotatable bonds is 5. The Morgan fingerprint density at radius 3 is 2.60 bits per heavy atom. The predicted octanol–water partition coefficient (Wildman–Crippen LogP) is 3.39. The molecule has 2 aromatic rings. The molecule has 160 valence electrons. The van der Waals surface area contributed by atoms with Crippen molar-refractivity contribution in [2.24, 2.45) is 10.7 Å². The molecule has 2 aliphatic heterocycles. The molecule has 0 radical (unpaired) electrons. The van der Waals surface area contributed by atoms with Crippen LogP contribution in [0.2, 0.25) is 0 Å². The summed E-state index contributed by atoms with van der Waals surface area (Å²) in [6.45, 7) is 4.12. The van der Waals surface area contributed by atoms with Gasteiger partial charge in [-0.25, -0.2) is 4.48 Å². The average Bonchev–Trinajstić information content (AvgIpc) is 3.23. The number of hydrogen-bond acceptors (Lipinski definition) is 5. The van der Waals surface area contributed by atoms with E-state index in [4.69, 9.17) is 14.9 Å². The van der Waals surface area contributed by atoms with Gasteiger partial charge in [0.2, 0.25) is 0 Å². The van der Waals surface area contributed by atoms with Crippen molar-refractivity contribution in [3.05, 3.63) is 65.8 Å². The van der Waals surface area contributed by atoms with E-state index < -0.39 is 11.9 Å². The zero-order chi connectivity index (χ0) is 21.2. The number of benzene rings is 1. The van der Waals surface area contributed by atoms with E-state index in [1.165, 1.54) is 6.26 Å². The van der Waals surface area contributed by atoms with Crippen LogP contribution in [0.5, 0.6) is 0 Å². The highest BCUT2D eigenvalue weighted by atomic mass is 19.4. The van der Waals surface area contributed by atoms with Crippen LogP contribution in [-0.4, -0.2) is 49.9 Å². The molecule has 1 saturated heterocycles. The molecule has 0 amide bonds. The van der Waals surface area contributed by atoms with Gasteiger partial charge in [0.1, 0.15) is 18.8 Å². The molecule has 3 heterocycles. The molecule has 1 atom stereocenters. The van der Waals surface area contributed by atoms with Crippen molar-refractivity contribution >= 4 is 11.6 Å². The molecule has 1 fully saturated rings. The minimum atomic E-state index is -4.54. The first-order valence-corrected chi connectivity index (χ1v) is 9.78. The first kappa shape index (κ1) is 20.6. The number of alkyl halides is 3. The van der Waals surface area contributed by atoms with Gasteiger partial charge in [0.05, 0.1) is 19.5 Å². The normalized spacial score (nSPS) is 23.2. The van der Waals surface area contributed by atoms with Crippen LogP contribution in [0.3, 0.4) is 0 Å². The van der Waals surface area contributed by atoms with Gasteiger partial charge in [-0.3, -0.25) is 4.90 Å². The molecule has 1 aromatic heterocycles. The summed E-state index contributed by atoms with van der Waals surface area (Å²) in [5.74, 6) is 0.514. The van der Waals surface area contributed by atoms with E-state index in [1.54, 1.807) is 12.1 Å². The van der Waals surface area contributed by atoms with Gasteiger partial charge in [-0.2, -0.15) is 18.2 Å². The van der Waals surface area contributed by atoms with Crippen molar-refractivity contribution in [1.82, 2.24) is 9.38 Å². The maximum Gasteiger partial charge on any atom is 0.433 e. The number of aliphatic imine (C=N–C) groups is 1. The van der Waals surface area contributed by atoms with Crippen molar-refractivity contribution < 1.29 is 22.3 Å². The molecular formula is C21H24F3N4O2+. The molecule has 4 rings (SSSR count). The van der Waals surface area contributed by atoms with E-state index >= 15 is 0 Å². The Morgan fingerprint density at radius 2 is 1.93 bits per heavy atom. The van der Waals surface area contributed by atoms with E-state index in [0.29, 0.717) is 19.0 Å². The second-order valence-electron chi connectivity index (χ2n) is 7.50. The number of ether oxygens (including phenoxy) is 1. The van der Waals surface area contributed by atoms with Crippen LogP contribution in [0.15, 0.2) is 63.8 Å². The fourth-order valence-corrected chi connectivity index (χ4v) is 3.86. The molecule has 0 saturated carbocycles. The third kappa shape index (κ3) is 4.28. The fourth-order valence-electron chi connectivity index (χ4n) is 3.86. The van der Waals surface area contributed by atoms with Crippen LogP contribution < -0.4 is 10.2 Å². The molecule has 6 nitrogen and oxygen atoms in total. The molecule has 2 aliphatic rings. The summed E-state index contributed by atoms with van der Waals surface area (Å²) in [6.07, 6.45) is -1.90. The molecule has 9 heteroatoms.